The molecular weight excluding hydrogens is 622 g/mol. The second kappa shape index (κ2) is 14.1. The summed E-state index contributed by atoms with van der Waals surface area (Å²) in [5.74, 6) is 0.505. The summed E-state index contributed by atoms with van der Waals surface area (Å²) in [6.07, 6.45) is 3.01. The fourth-order valence-electron chi connectivity index (χ4n) is 6.14. The number of carbonyl (C=O) groups is 2. The van der Waals surface area contributed by atoms with Crippen LogP contribution in [0.2, 0.25) is 5.02 Å². The SMILES string of the molecule is Cc1cc(Cl)cc(-c2cnc3ccc(-c4cccc(OCc5ccccc5)c4)cc3c2C(=O)NC[C@H]2CCCN2C(=O)OC(C)(C)C)c1. The lowest BCUT2D eigenvalue weighted by molar-refractivity contribution is 0.0225. The fourth-order valence-corrected chi connectivity index (χ4v) is 6.43. The van der Waals surface area contributed by atoms with Crippen molar-refractivity contribution in [2.45, 2.75) is 58.8 Å². The first-order chi connectivity index (χ1) is 23.0. The number of aromatic nitrogens is 1. The van der Waals surface area contributed by atoms with Gasteiger partial charge in [-0.3, -0.25) is 9.78 Å². The zero-order chi connectivity index (χ0) is 33.8. The molecule has 1 N–H and O–H groups in total. The van der Waals surface area contributed by atoms with E-state index in [0.29, 0.717) is 46.7 Å². The van der Waals surface area contributed by atoms with Crippen LogP contribution in [0.5, 0.6) is 5.75 Å². The lowest BCUT2D eigenvalue weighted by Gasteiger charge is -2.28. The molecule has 2 amide bonds. The molecule has 0 bridgehead atoms. The minimum absolute atomic E-state index is 0.164. The van der Waals surface area contributed by atoms with E-state index in [9.17, 15) is 9.59 Å². The Morgan fingerprint density at radius 1 is 0.938 bits per heavy atom. The Morgan fingerprint density at radius 2 is 1.73 bits per heavy atom. The number of halogens is 1. The number of aryl methyl sites for hydroxylation is 1. The Bertz CT molecular complexity index is 1930. The van der Waals surface area contributed by atoms with Gasteiger partial charge in [-0.25, -0.2) is 4.79 Å². The van der Waals surface area contributed by atoms with E-state index in [1.54, 1.807) is 11.1 Å². The smallest absolute Gasteiger partial charge is 0.410 e. The highest BCUT2D eigenvalue weighted by atomic mass is 35.5. The van der Waals surface area contributed by atoms with E-state index in [0.717, 1.165) is 46.4 Å². The van der Waals surface area contributed by atoms with Crippen molar-refractivity contribution in [3.8, 4) is 28.0 Å². The van der Waals surface area contributed by atoms with Gasteiger partial charge in [0, 0.05) is 35.3 Å². The van der Waals surface area contributed by atoms with Crippen LogP contribution in [-0.4, -0.2) is 46.6 Å². The van der Waals surface area contributed by atoms with Gasteiger partial charge in [0.15, 0.2) is 0 Å². The molecule has 8 heteroatoms. The van der Waals surface area contributed by atoms with Crippen molar-refractivity contribution in [2.24, 2.45) is 0 Å². The minimum Gasteiger partial charge on any atom is -0.489 e. The third kappa shape index (κ3) is 7.80. The molecule has 0 saturated carbocycles. The molecule has 0 spiro atoms. The summed E-state index contributed by atoms with van der Waals surface area (Å²) in [7, 11) is 0. The molecule has 1 aliphatic rings. The molecule has 0 unspecified atom stereocenters. The van der Waals surface area contributed by atoms with Crippen molar-refractivity contribution in [3.05, 3.63) is 119 Å². The van der Waals surface area contributed by atoms with Gasteiger partial charge in [-0.1, -0.05) is 66.2 Å². The van der Waals surface area contributed by atoms with Crippen LogP contribution in [0.1, 0.15) is 55.1 Å². The first kappa shape index (κ1) is 33.0. The van der Waals surface area contributed by atoms with E-state index in [4.69, 9.17) is 26.1 Å². The fraction of sp³-hybridized carbons (Fsp3) is 0.275. The zero-order valence-electron chi connectivity index (χ0n) is 27.8. The lowest BCUT2D eigenvalue weighted by atomic mass is 9.94. The van der Waals surface area contributed by atoms with E-state index in [1.807, 2.05) is 119 Å². The van der Waals surface area contributed by atoms with Gasteiger partial charge in [0.25, 0.3) is 5.91 Å². The van der Waals surface area contributed by atoms with Gasteiger partial charge in [0.1, 0.15) is 18.0 Å². The molecule has 1 fully saturated rings. The molecule has 0 radical (unpaired) electrons. The number of likely N-dealkylation sites (tertiary alicyclic amines) is 1. The number of nitrogens with zero attached hydrogens (tertiary/aromatic N) is 2. The highest BCUT2D eigenvalue weighted by Gasteiger charge is 2.32. The molecule has 0 aliphatic carbocycles. The number of hydrogen-bond donors (Lipinski definition) is 1. The van der Waals surface area contributed by atoms with Crippen LogP contribution < -0.4 is 10.1 Å². The normalized spacial score (nSPS) is 14.6. The Balaban J connectivity index is 1.34. The minimum atomic E-state index is -0.599. The van der Waals surface area contributed by atoms with Crippen molar-refractivity contribution < 1.29 is 19.1 Å². The first-order valence-electron chi connectivity index (χ1n) is 16.3. The maximum Gasteiger partial charge on any atom is 0.410 e. The first-order valence-corrected chi connectivity index (χ1v) is 16.7. The van der Waals surface area contributed by atoms with Gasteiger partial charge in [0.2, 0.25) is 0 Å². The number of amides is 2. The molecule has 1 aliphatic heterocycles. The van der Waals surface area contributed by atoms with Crippen LogP contribution >= 0.6 is 11.6 Å². The quantitative estimate of drug-likeness (QED) is 0.179. The Labute approximate surface area is 286 Å². The number of nitrogens with one attached hydrogen (secondary N) is 1. The Hall–Kier alpha value is -4.88. The van der Waals surface area contributed by atoms with Crippen molar-refractivity contribution in [3.63, 3.8) is 0 Å². The summed E-state index contributed by atoms with van der Waals surface area (Å²) in [5.41, 5.74) is 6.02. The van der Waals surface area contributed by atoms with Crippen molar-refractivity contribution >= 4 is 34.5 Å². The molecule has 246 valence electrons. The van der Waals surface area contributed by atoms with Crippen molar-refractivity contribution in [1.29, 1.82) is 0 Å². The maximum atomic E-state index is 14.3. The van der Waals surface area contributed by atoms with Crippen LogP contribution in [0.3, 0.4) is 0 Å². The van der Waals surface area contributed by atoms with Gasteiger partial charge in [0.05, 0.1) is 17.1 Å². The topological polar surface area (TPSA) is 80.8 Å². The van der Waals surface area contributed by atoms with Crippen LogP contribution in [0.25, 0.3) is 33.2 Å². The molecule has 7 nitrogen and oxygen atoms in total. The number of rotatable bonds is 8. The summed E-state index contributed by atoms with van der Waals surface area (Å²) in [6.45, 7) is 8.90. The zero-order valence-corrected chi connectivity index (χ0v) is 28.5. The summed E-state index contributed by atoms with van der Waals surface area (Å²) in [5, 5.41) is 4.45. The van der Waals surface area contributed by atoms with Gasteiger partial charge in [-0.05, 0) is 105 Å². The number of fused-ring (bicyclic) bond motifs is 1. The van der Waals surface area contributed by atoms with Crippen molar-refractivity contribution in [2.75, 3.05) is 13.1 Å². The summed E-state index contributed by atoms with van der Waals surface area (Å²) >= 11 is 6.49. The lowest BCUT2D eigenvalue weighted by Crippen LogP contribution is -2.45. The highest BCUT2D eigenvalue weighted by Crippen LogP contribution is 2.34. The molecule has 2 heterocycles. The van der Waals surface area contributed by atoms with E-state index in [2.05, 4.69) is 5.32 Å². The van der Waals surface area contributed by atoms with Gasteiger partial charge in [-0.2, -0.15) is 0 Å². The Morgan fingerprint density at radius 3 is 2.50 bits per heavy atom. The van der Waals surface area contributed by atoms with Crippen LogP contribution in [0.15, 0.2) is 97.2 Å². The van der Waals surface area contributed by atoms with Gasteiger partial charge >= 0.3 is 6.09 Å². The predicted molar refractivity (Wildman–Crippen MR) is 191 cm³/mol. The summed E-state index contributed by atoms with van der Waals surface area (Å²) < 4.78 is 11.8. The molecule has 5 aromatic rings. The van der Waals surface area contributed by atoms with Crippen LogP contribution in [-0.2, 0) is 11.3 Å². The second-order valence-electron chi connectivity index (χ2n) is 13.3. The van der Waals surface area contributed by atoms with E-state index < -0.39 is 5.60 Å². The number of pyridine rings is 1. The number of hydrogen-bond acceptors (Lipinski definition) is 5. The molecular formula is C40H40ClN3O4. The van der Waals surface area contributed by atoms with Crippen LogP contribution in [0, 0.1) is 6.92 Å². The monoisotopic (exact) mass is 661 g/mol. The molecule has 4 aromatic carbocycles. The molecule has 48 heavy (non-hydrogen) atoms. The summed E-state index contributed by atoms with van der Waals surface area (Å²) in [6, 6.07) is 29.5. The molecule has 6 rings (SSSR count). The van der Waals surface area contributed by atoms with E-state index in [1.165, 1.54) is 0 Å². The Kier molecular flexibility index (Phi) is 9.69. The molecule has 1 saturated heterocycles. The van der Waals surface area contributed by atoms with Gasteiger partial charge in [-0.15, -0.1) is 0 Å². The third-order valence-electron chi connectivity index (χ3n) is 8.37. The van der Waals surface area contributed by atoms with E-state index >= 15 is 0 Å². The van der Waals surface area contributed by atoms with E-state index in [-0.39, 0.29) is 18.0 Å². The predicted octanol–water partition coefficient (Wildman–Crippen LogP) is 9.24. The third-order valence-corrected chi connectivity index (χ3v) is 8.59. The highest BCUT2D eigenvalue weighted by molar-refractivity contribution is 6.31. The standard InChI is InChI=1S/C40H40ClN3O4/c1-26-18-30(20-31(41)19-26)35-24-42-36-16-15-29(28-12-8-14-33(21-28)47-25-27-10-6-5-7-11-27)22-34(36)37(35)38(45)43-23-32-13-9-17-44(32)39(46)48-40(2,3)4/h5-8,10-12,14-16,18-22,24,32H,9,13,17,23,25H2,1-4H3,(H,43,45)/t32-/m1/s1. The number of ether oxygens (including phenoxy) is 2. The van der Waals surface area contributed by atoms with Crippen LogP contribution in [0.4, 0.5) is 4.79 Å². The largest absolute Gasteiger partial charge is 0.489 e. The van der Waals surface area contributed by atoms with Gasteiger partial charge < -0.3 is 19.7 Å². The van der Waals surface area contributed by atoms with Crippen molar-refractivity contribution in [1.82, 2.24) is 15.2 Å². The maximum absolute atomic E-state index is 14.3. The average molecular weight is 662 g/mol. The second-order valence-corrected chi connectivity index (χ2v) is 13.7. The number of benzene rings is 4. The summed E-state index contributed by atoms with van der Waals surface area (Å²) in [4.78, 5) is 33.7. The average Bonchev–Trinajstić information content (AvgIpc) is 3.54. The molecule has 1 atom stereocenters. The molecule has 1 aromatic heterocycles. The number of carbonyl (C=O) groups excluding carboxylic acids is 2.